The smallest absolute Gasteiger partial charge is 0.358 e. The third-order valence-electron chi connectivity index (χ3n) is 3.95. The fraction of sp³-hybridized carbons (Fsp3) is 0.143. The predicted octanol–water partition coefficient (Wildman–Crippen LogP) is 3.49. The second-order valence-corrected chi connectivity index (χ2v) is 6.77. The van der Waals surface area contributed by atoms with E-state index in [-0.39, 0.29) is 5.69 Å². The molecular weight excluding hydrogens is 376 g/mol. The van der Waals surface area contributed by atoms with Crippen molar-refractivity contribution in [1.82, 2.24) is 10.3 Å². The summed E-state index contributed by atoms with van der Waals surface area (Å²) >= 11 is 1.32. The molecule has 3 aromatic rings. The summed E-state index contributed by atoms with van der Waals surface area (Å²) in [6, 6.07) is 16.2. The molecule has 3 rings (SSSR count). The molecule has 0 aliphatic heterocycles. The molecule has 1 heterocycles. The van der Waals surface area contributed by atoms with Gasteiger partial charge in [-0.15, -0.1) is 11.3 Å². The molecule has 0 fully saturated rings. The molecule has 0 aliphatic carbocycles. The number of rotatable bonds is 6. The molecule has 1 N–H and O–H groups in total. The summed E-state index contributed by atoms with van der Waals surface area (Å²) < 4.78 is 4.95. The number of nitrogens with one attached hydrogen (secondary N) is 1. The second kappa shape index (κ2) is 9.05. The van der Waals surface area contributed by atoms with Gasteiger partial charge in [0.05, 0.1) is 0 Å². The van der Waals surface area contributed by atoms with Crippen LogP contribution in [0.5, 0.6) is 0 Å². The van der Waals surface area contributed by atoms with Crippen LogP contribution < -0.4 is 5.32 Å². The van der Waals surface area contributed by atoms with Gasteiger partial charge in [0.25, 0.3) is 11.8 Å². The quantitative estimate of drug-likeness (QED) is 0.647. The molecule has 0 saturated heterocycles. The summed E-state index contributed by atoms with van der Waals surface area (Å²) in [5.41, 5.74) is 2.60. The number of nitrogens with zero attached hydrogens (tertiary/aromatic N) is 1. The maximum absolute atomic E-state index is 12.1. The van der Waals surface area contributed by atoms with Crippen LogP contribution in [0, 0.1) is 0 Å². The standard InChI is InChI=1S/C21H18N2O4S/c1-2-14-8-10-16(11-9-14)20-22-17(13-28-20)21(26)27-12-18(24)23-19(25)15-6-4-3-5-7-15/h3-11,13H,2,12H2,1H3,(H,23,24,25). The SMILES string of the molecule is CCc1ccc(-c2nc(C(=O)OCC(=O)NC(=O)c3ccccc3)cs2)cc1. The lowest BCUT2D eigenvalue weighted by atomic mass is 10.1. The number of thiazole rings is 1. The Balaban J connectivity index is 1.54. The zero-order chi connectivity index (χ0) is 19.9. The third kappa shape index (κ3) is 4.89. The van der Waals surface area contributed by atoms with Crippen LogP contribution in [0.4, 0.5) is 0 Å². The Morgan fingerprint density at radius 2 is 1.75 bits per heavy atom. The molecule has 0 bridgehead atoms. The van der Waals surface area contributed by atoms with E-state index in [1.54, 1.807) is 35.7 Å². The largest absolute Gasteiger partial charge is 0.451 e. The zero-order valence-electron chi connectivity index (χ0n) is 15.2. The van der Waals surface area contributed by atoms with Crippen molar-refractivity contribution in [2.45, 2.75) is 13.3 Å². The summed E-state index contributed by atoms with van der Waals surface area (Å²) in [4.78, 5) is 40.1. The van der Waals surface area contributed by atoms with Crippen LogP contribution >= 0.6 is 11.3 Å². The summed E-state index contributed by atoms with van der Waals surface area (Å²) in [6.45, 7) is 1.52. The van der Waals surface area contributed by atoms with Crippen LogP contribution in [0.1, 0.15) is 33.3 Å². The topological polar surface area (TPSA) is 85.4 Å². The normalized spacial score (nSPS) is 10.3. The molecule has 0 atom stereocenters. The fourth-order valence-electron chi connectivity index (χ4n) is 2.41. The Kier molecular flexibility index (Phi) is 6.29. The molecule has 0 radical (unpaired) electrons. The van der Waals surface area contributed by atoms with Crippen molar-refractivity contribution in [2.24, 2.45) is 0 Å². The van der Waals surface area contributed by atoms with Gasteiger partial charge in [0, 0.05) is 16.5 Å². The van der Waals surface area contributed by atoms with Crippen molar-refractivity contribution in [1.29, 1.82) is 0 Å². The van der Waals surface area contributed by atoms with Crippen molar-refractivity contribution in [3.05, 3.63) is 76.8 Å². The van der Waals surface area contributed by atoms with E-state index in [0.717, 1.165) is 12.0 Å². The van der Waals surface area contributed by atoms with Gasteiger partial charge in [-0.25, -0.2) is 9.78 Å². The summed E-state index contributed by atoms with van der Waals surface area (Å²) in [5, 5.41) is 4.45. The Bertz CT molecular complexity index is 981. The number of carbonyl (C=O) groups is 3. The van der Waals surface area contributed by atoms with Crippen molar-refractivity contribution >= 4 is 29.1 Å². The van der Waals surface area contributed by atoms with Gasteiger partial charge in [0.1, 0.15) is 5.01 Å². The molecule has 142 valence electrons. The van der Waals surface area contributed by atoms with Crippen LogP contribution in [0.15, 0.2) is 60.0 Å². The number of hydrogen-bond donors (Lipinski definition) is 1. The number of aromatic nitrogens is 1. The maximum Gasteiger partial charge on any atom is 0.358 e. The molecule has 2 aromatic carbocycles. The van der Waals surface area contributed by atoms with Gasteiger partial charge in [0.2, 0.25) is 0 Å². The summed E-state index contributed by atoms with van der Waals surface area (Å²) in [5.74, 6) is -1.96. The Morgan fingerprint density at radius 1 is 1.04 bits per heavy atom. The van der Waals surface area contributed by atoms with E-state index in [1.807, 2.05) is 24.3 Å². The maximum atomic E-state index is 12.1. The van der Waals surface area contributed by atoms with E-state index in [0.29, 0.717) is 10.6 Å². The Hall–Kier alpha value is -3.32. The minimum Gasteiger partial charge on any atom is -0.451 e. The number of benzene rings is 2. The summed E-state index contributed by atoms with van der Waals surface area (Å²) in [6.07, 6.45) is 0.949. The lowest BCUT2D eigenvalue weighted by Gasteiger charge is -2.04. The van der Waals surface area contributed by atoms with Gasteiger partial charge < -0.3 is 4.74 Å². The number of hydrogen-bond acceptors (Lipinski definition) is 6. The van der Waals surface area contributed by atoms with Gasteiger partial charge in [-0.2, -0.15) is 0 Å². The number of carbonyl (C=O) groups excluding carboxylic acids is 3. The van der Waals surface area contributed by atoms with E-state index in [2.05, 4.69) is 17.2 Å². The highest BCUT2D eigenvalue weighted by molar-refractivity contribution is 7.13. The molecule has 2 amide bonds. The Labute approximate surface area is 166 Å². The molecule has 0 saturated carbocycles. The monoisotopic (exact) mass is 394 g/mol. The minimum atomic E-state index is -0.713. The fourth-order valence-corrected chi connectivity index (χ4v) is 3.21. The molecule has 0 spiro atoms. The molecular formula is C21H18N2O4S. The van der Waals surface area contributed by atoms with Crippen molar-refractivity contribution in [2.75, 3.05) is 6.61 Å². The highest BCUT2D eigenvalue weighted by atomic mass is 32.1. The number of esters is 1. The zero-order valence-corrected chi connectivity index (χ0v) is 16.0. The molecule has 1 aromatic heterocycles. The lowest BCUT2D eigenvalue weighted by molar-refractivity contribution is -0.123. The molecule has 6 nitrogen and oxygen atoms in total. The van der Waals surface area contributed by atoms with Gasteiger partial charge in [0.15, 0.2) is 12.3 Å². The third-order valence-corrected chi connectivity index (χ3v) is 4.84. The average molecular weight is 394 g/mol. The first-order valence-electron chi connectivity index (χ1n) is 8.68. The number of imide groups is 1. The lowest BCUT2D eigenvalue weighted by Crippen LogP contribution is -2.34. The van der Waals surface area contributed by atoms with E-state index < -0.39 is 24.4 Å². The highest BCUT2D eigenvalue weighted by Crippen LogP contribution is 2.24. The molecule has 0 unspecified atom stereocenters. The number of aryl methyl sites for hydroxylation is 1. The first-order valence-corrected chi connectivity index (χ1v) is 9.56. The molecule has 28 heavy (non-hydrogen) atoms. The van der Waals surface area contributed by atoms with E-state index >= 15 is 0 Å². The van der Waals surface area contributed by atoms with Gasteiger partial charge >= 0.3 is 5.97 Å². The van der Waals surface area contributed by atoms with Gasteiger partial charge in [-0.1, -0.05) is 49.4 Å². The van der Waals surface area contributed by atoms with Gasteiger partial charge in [-0.3, -0.25) is 14.9 Å². The molecule has 7 heteroatoms. The van der Waals surface area contributed by atoms with Crippen LogP contribution in [-0.4, -0.2) is 29.4 Å². The first kappa shape index (κ1) is 19.4. The van der Waals surface area contributed by atoms with E-state index in [4.69, 9.17) is 4.74 Å². The van der Waals surface area contributed by atoms with Crippen LogP contribution in [-0.2, 0) is 16.0 Å². The second-order valence-electron chi connectivity index (χ2n) is 5.91. The molecule has 0 aliphatic rings. The van der Waals surface area contributed by atoms with Crippen molar-refractivity contribution in [3.63, 3.8) is 0 Å². The van der Waals surface area contributed by atoms with Crippen LogP contribution in [0.3, 0.4) is 0 Å². The van der Waals surface area contributed by atoms with Crippen molar-refractivity contribution in [3.8, 4) is 10.6 Å². The minimum absolute atomic E-state index is 0.127. The predicted molar refractivity (Wildman–Crippen MR) is 106 cm³/mol. The van der Waals surface area contributed by atoms with Gasteiger partial charge in [-0.05, 0) is 24.1 Å². The van der Waals surface area contributed by atoms with Crippen LogP contribution in [0.25, 0.3) is 10.6 Å². The number of amides is 2. The Morgan fingerprint density at radius 3 is 2.43 bits per heavy atom. The van der Waals surface area contributed by atoms with E-state index in [9.17, 15) is 14.4 Å². The first-order chi connectivity index (χ1) is 13.6. The number of ether oxygens (including phenoxy) is 1. The average Bonchev–Trinajstić information content (AvgIpc) is 3.23. The van der Waals surface area contributed by atoms with Crippen LogP contribution in [0.2, 0.25) is 0 Å². The summed E-state index contributed by atoms with van der Waals surface area (Å²) in [7, 11) is 0. The van der Waals surface area contributed by atoms with E-state index in [1.165, 1.54) is 16.9 Å². The van der Waals surface area contributed by atoms with Crippen molar-refractivity contribution < 1.29 is 19.1 Å². The highest BCUT2D eigenvalue weighted by Gasteiger charge is 2.16.